The van der Waals surface area contributed by atoms with Crippen LogP contribution in [-0.2, 0) is 0 Å². The number of thiocarbonyl (C=S) groups is 1. The molecule has 0 amide bonds. The number of nitrogens with zero attached hydrogens (tertiary/aromatic N) is 2. The largest absolute Gasteiger partial charge is 0.375 e. The van der Waals surface area contributed by atoms with E-state index in [1.165, 1.54) is 0 Å². The molecule has 0 spiro atoms. The van der Waals surface area contributed by atoms with Crippen molar-refractivity contribution >= 4 is 23.5 Å². The fourth-order valence-electron chi connectivity index (χ4n) is 1.08. The van der Waals surface area contributed by atoms with Gasteiger partial charge in [0.1, 0.15) is 0 Å². The standard InChI is InChI=1S/C10H10N4S/c1-7-8(5-11)3-2-4-9(7)6-13-14-10(12)15/h2-4,6H,1H3,(H3,12,14,15). The SMILES string of the molecule is Cc1c(C#N)cccc1C=NNC(N)=S. The molecule has 3 N–H and O–H groups in total. The maximum Gasteiger partial charge on any atom is 0.184 e. The molecule has 0 aliphatic carbocycles. The predicted octanol–water partition coefficient (Wildman–Crippen LogP) is 1.03. The molecule has 0 saturated heterocycles. The van der Waals surface area contributed by atoms with E-state index in [-0.39, 0.29) is 5.11 Å². The van der Waals surface area contributed by atoms with Crippen LogP contribution < -0.4 is 11.2 Å². The molecule has 0 radical (unpaired) electrons. The lowest BCUT2D eigenvalue weighted by Crippen LogP contribution is -2.24. The van der Waals surface area contributed by atoms with Crippen LogP contribution in [0.1, 0.15) is 16.7 Å². The summed E-state index contributed by atoms with van der Waals surface area (Å²) >= 11 is 4.59. The number of hydrogen-bond donors (Lipinski definition) is 2. The third-order valence-corrected chi connectivity index (χ3v) is 1.97. The van der Waals surface area contributed by atoms with Crippen molar-refractivity contribution in [2.45, 2.75) is 6.92 Å². The van der Waals surface area contributed by atoms with Crippen molar-refractivity contribution in [3.63, 3.8) is 0 Å². The summed E-state index contributed by atoms with van der Waals surface area (Å²) in [6.45, 7) is 1.86. The van der Waals surface area contributed by atoms with Crippen molar-refractivity contribution in [1.29, 1.82) is 5.26 Å². The first kappa shape index (κ1) is 11.1. The Morgan fingerprint density at radius 2 is 2.40 bits per heavy atom. The van der Waals surface area contributed by atoms with Crippen LogP contribution in [0.2, 0.25) is 0 Å². The summed E-state index contributed by atoms with van der Waals surface area (Å²) in [6, 6.07) is 7.52. The van der Waals surface area contributed by atoms with Gasteiger partial charge in [-0.2, -0.15) is 10.4 Å². The summed E-state index contributed by atoms with van der Waals surface area (Å²) in [4.78, 5) is 0. The van der Waals surface area contributed by atoms with Crippen molar-refractivity contribution in [2.75, 3.05) is 0 Å². The van der Waals surface area contributed by atoms with Gasteiger partial charge >= 0.3 is 0 Å². The molecule has 1 aromatic rings. The van der Waals surface area contributed by atoms with Crippen LogP contribution in [0.15, 0.2) is 23.3 Å². The summed E-state index contributed by atoms with van der Waals surface area (Å²) < 4.78 is 0. The minimum absolute atomic E-state index is 0.111. The Bertz CT molecular complexity index is 445. The van der Waals surface area contributed by atoms with Crippen molar-refractivity contribution in [1.82, 2.24) is 5.43 Å². The molecule has 0 unspecified atom stereocenters. The molecule has 76 valence electrons. The minimum Gasteiger partial charge on any atom is -0.375 e. The van der Waals surface area contributed by atoms with Crippen LogP contribution in [0.4, 0.5) is 0 Å². The van der Waals surface area contributed by atoms with Crippen molar-refractivity contribution in [3.8, 4) is 6.07 Å². The summed E-state index contributed by atoms with van der Waals surface area (Å²) in [6.07, 6.45) is 1.58. The van der Waals surface area contributed by atoms with Gasteiger partial charge in [0.15, 0.2) is 5.11 Å². The molecular formula is C10H10N4S. The number of nitrogens with two attached hydrogens (primary N) is 1. The predicted molar refractivity (Wildman–Crippen MR) is 63.4 cm³/mol. The normalized spacial score (nSPS) is 9.87. The van der Waals surface area contributed by atoms with Gasteiger partial charge in [0.2, 0.25) is 0 Å². The van der Waals surface area contributed by atoms with E-state index in [9.17, 15) is 0 Å². The first-order valence-corrected chi connectivity index (χ1v) is 4.64. The topological polar surface area (TPSA) is 74.2 Å². The molecule has 0 fully saturated rings. The van der Waals surface area contributed by atoms with Gasteiger partial charge in [-0.25, -0.2) is 0 Å². The molecule has 0 heterocycles. The van der Waals surface area contributed by atoms with E-state index in [0.29, 0.717) is 5.56 Å². The Labute approximate surface area is 93.4 Å². The van der Waals surface area contributed by atoms with Gasteiger partial charge in [0, 0.05) is 0 Å². The maximum atomic E-state index is 8.81. The Kier molecular flexibility index (Phi) is 3.77. The highest BCUT2D eigenvalue weighted by Gasteiger charge is 2.00. The molecule has 0 bridgehead atoms. The molecule has 0 saturated carbocycles. The smallest absolute Gasteiger partial charge is 0.184 e. The number of benzene rings is 1. The van der Waals surface area contributed by atoms with E-state index in [2.05, 4.69) is 28.8 Å². The number of rotatable bonds is 2. The quantitative estimate of drug-likeness (QED) is 0.442. The minimum atomic E-state index is 0.111. The van der Waals surface area contributed by atoms with Gasteiger partial charge in [-0.1, -0.05) is 12.1 Å². The highest BCUT2D eigenvalue weighted by Crippen LogP contribution is 2.10. The Morgan fingerprint density at radius 3 is 3.00 bits per heavy atom. The molecule has 15 heavy (non-hydrogen) atoms. The van der Waals surface area contributed by atoms with Crippen molar-refractivity contribution in [2.24, 2.45) is 10.8 Å². The Hall–Kier alpha value is -1.93. The second-order valence-electron chi connectivity index (χ2n) is 2.87. The van der Waals surface area contributed by atoms with Gasteiger partial charge in [0.05, 0.1) is 17.8 Å². The zero-order valence-corrected chi connectivity index (χ0v) is 9.01. The van der Waals surface area contributed by atoms with Crippen molar-refractivity contribution < 1.29 is 0 Å². The summed E-state index contributed by atoms with van der Waals surface area (Å²) in [5.41, 5.74) is 10.0. The molecule has 1 aromatic carbocycles. The first-order valence-electron chi connectivity index (χ1n) is 4.23. The van der Waals surface area contributed by atoms with E-state index in [0.717, 1.165) is 11.1 Å². The zero-order chi connectivity index (χ0) is 11.3. The van der Waals surface area contributed by atoms with Crippen LogP contribution in [0.25, 0.3) is 0 Å². The molecule has 5 heteroatoms. The fourth-order valence-corrected chi connectivity index (χ4v) is 1.13. The third-order valence-electron chi connectivity index (χ3n) is 1.87. The maximum absolute atomic E-state index is 8.81. The Balaban J connectivity index is 2.92. The molecule has 1 rings (SSSR count). The van der Waals surface area contributed by atoms with E-state index >= 15 is 0 Å². The third kappa shape index (κ3) is 3.04. The number of nitriles is 1. The second kappa shape index (κ2) is 5.08. The van der Waals surface area contributed by atoms with E-state index in [1.54, 1.807) is 18.3 Å². The fraction of sp³-hybridized carbons (Fsp3) is 0.100. The highest BCUT2D eigenvalue weighted by atomic mass is 32.1. The van der Waals surface area contributed by atoms with Gasteiger partial charge in [-0.05, 0) is 36.3 Å². The zero-order valence-electron chi connectivity index (χ0n) is 8.19. The van der Waals surface area contributed by atoms with Gasteiger partial charge < -0.3 is 5.73 Å². The van der Waals surface area contributed by atoms with E-state index < -0.39 is 0 Å². The van der Waals surface area contributed by atoms with Gasteiger partial charge in [0.25, 0.3) is 0 Å². The first-order chi connectivity index (χ1) is 7.15. The molecular weight excluding hydrogens is 208 g/mol. The second-order valence-corrected chi connectivity index (χ2v) is 3.31. The molecule has 4 nitrogen and oxygen atoms in total. The highest BCUT2D eigenvalue weighted by molar-refractivity contribution is 7.80. The summed E-state index contributed by atoms with van der Waals surface area (Å²) in [5, 5.41) is 12.7. The molecule has 0 atom stereocenters. The van der Waals surface area contributed by atoms with Gasteiger partial charge in [-0.15, -0.1) is 0 Å². The van der Waals surface area contributed by atoms with Crippen LogP contribution in [0.5, 0.6) is 0 Å². The average molecular weight is 218 g/mol. The van der Waals surface area contributed by atoms with E-state index in [4.69, 9.17) is 11.0 Å². The lowest BCUT2D eigenvalue weighted by Gasteiger charge is -2.01. The number of hydrazone groups is 1. The molecule has 0 aromatic heterocycles. The Morgan fingerprint density at radius 1 is 1.67 bits per heavy atom. The monoisotopic (exact) mass is 218 g/mol. The molecule has 0 aliphatic heterocycles. The lowest BCUT2D eigenvalue weighted by molar-refractivity contribution is 1.04. The van der Waals surface area contributed by atoms with Crippen LogP contribution >= 0.6 is 12.2 Å². The summed E-state index contributed by atoms with van der Waals surface area (Å²) in [5.74, 6) is 0. The summed E-state index contributed by atoms with van der Waals surface area (Å²) in [7, 11) is 0. The number of hydrogen-bond acceptors (Lipinski definition) is 3. The molecule has 0 aliphatic rings. The lowest BCUT2D eigenvalue weighted by atomic mass is 10.0. The van der Waals surface area contributed by atoms with Crippen LogP contribution in [0.3, 0.4) is 0 Å². The van der Waals surface area contributed by atoms with Crippen molar-refractivity contribution in [3.05, 3.63) is 34.9 Å². The van der Waals surface area contributed by atoms with Crippen LogP contribution in [0, 0.1) is 18.3 Å². The van der Waals surface area contributed by atoms with Gasteiger partial charge in [-0.3, -0.25) is 5.43 Å². The van der Waals surface area contributed by atoms with E-state index in [1.807, 2.05) is 13.0 Å². The van der Waals surface area contributed by atoms with Crippen LogP contribution in [-0.4, -0.2) is 11.3 Å². The number of nitrogens with one attached hydrogen (secondary N) is 1. The average Bonchev–Trinajstić information content (AvgIpc) is 2.20.